The van der Waals surface area contributed by atoms with Crippen LogP contribution in [0.5, 0.6) is 0 Å². The van der Waals surface area contributed by atoms with Gasteiger partial charge in [0.2, 0.25) is 0 Å². The highest BCUT2D eigenvalue weighted by Gasteiger charge is 2.20. The fourth-order valence-corrected chi connectivity index (χ4v) is 2.68. The predicted molar refractivity (Wildman–Crippen MR) is 78.1 cm³/mol. The molecule has 2 heterocycles. The van der Waals surface area contributed by atoms with E-state index in [1.54, 1.807) is 12.3 Å². The number of non-ortho nitro benzene ring substituents is 1. The lowest BCUT2D eigenvalue weighted by molar-refractivity contribution is -0.383. The monoisotopic (exact) mass is 290 g/mol. The van der Waals surface area contributed by atoms with Crippen molar-refractivity contribution in [1.82, 2.24) is 10.3 Å². The number of nitrogens with zero attached hydrogens (tertiary/aromatic N) is 3. The van der Waals surface area contributed by atoms with Crippen LogP contribution in [0.3, 0.4) is 0 Å². The van der Waals surface area contributed by atoms with Gasteiger partial charge in [0.25, 0.3) is 5.69 Å². The van der Waals surface area contributed by atoms with Gasteiger partial charge < -0.3 is 10.2 Å². The highest BCUT2D eigenvalue weighted by atomic mass is 19.1. The average molecular weight is 290 g/mol. The Morgan fingerprint density at radius 3 is 2.95 bits per heavy atom. The first kappa shape index (κ1) is 13.7. The van der Waals surface area contributed by atoms with E-state index >= 15 is 0 Å². The van der Waals surface area contributed by atoms with E-state index < -0.39 is 10.7 Å². The van der Waals surface area contributed by atoms with Crippen molar-refractivity contribution in [3.8, 4) is 0 Å². The number of nitro benzene ring substituents is 1. The van der Waals surface area contributed by atoms with Crippen molar-refractivity contribution in [1.29, 1.82) is 0 Å². The second-order valence-corrected chi connectivity index (χ2v) is 5.00. The molecule has 1 saturated heterocycles. The molecule has 0 unspecified atom stereocenters. The van der Waals surface area contributed by atoms with Crippen molar-refractivity contribution < 1.29 is 9.31 Å². The molecule has 0 spiro atoms. The van der Waals surface area contributed by atoms with Crippen molar-refractivity contribution in [3.05, 3.63) is 40.3 Å². The van der Waals surface area contributed by atoms with Gasteiger partial charge >= 0.3 is 0 Å². The Balaban J connectivity index is 2.17. The molecule has 21 heavy (non-hydrogen) atoms. The van der Waals surface area contributed by atoms with E-state index in [4.69, 9.17) is 0 Å². The number of hydrogen-bond donors (Lipinski definition) is 1. The number of nitro groups is 1. The Morgan fingerprint density at radius 1 is 1.29 bits per heavy atom. The van der Waals surface area contributed by atoms with Crippen LogP contribution in [0.25, 0.3) is 10.8 Å². The number of aromatic nitrogens is 1. The summed E-state index contributed by atoms with van der Waals surface area (Å²) in [5, 5.41) is 15.3. The van der Waals surface area contributed by atoms with Gasteiger partial charge in [-0.3, -0.25) is 10.1 Å². The van der Waals surface area contributed by atoms with Crippen molar-refractivity contribution in [2.45, 2.75) is 6.42 Å². The summed E-state index contributed by atoms with van der Waals surface area (Å²) in [5.41, 5.74) is -0.221. The molecule has 7 heteroatoms. The van der Waals surface area contributed by atoms with Gasteiger partial charge in [-0.2, -0.15) is 0 Å². The molecule has 1 aromatic heterocycles. The van der Waals surface area contributed by atoms with Gasteiger partial charge in [0.1, 0.15) is 11.6 Å². The van der Waals surface area contributed by atoms with Crippen LogP contribution in [-0.2, 0) is 0 Å². The topological polar surface area (TPSA) is 71.3 Å². The summed E-state index contributed by atoms with van der Waals surface area (Å²) in [6.45, 7) is 3.28. The smallest absolute Gasteiger partial charge is 0.280 e. The molecule has 1 N–H and O–H groups in total. The molecule has 0 atom stereocenters. The van der Waals surface area contributed by atoms with Crippen LogP contribution in [0.15, 0.2) is 24.4 Å². The minimum Gasteiger partial charge on any atom is -0.355 e. The lowest BCUT2D eigenvalue weighted by atomic mass is 10.1. The van der Waals surface area contributed by atoms with E-state index in [0.29, 0.717) is 16.6 Å². The number of nitrogens with one attached hydrogen (secondary N) is 1. The van der Waals surface area contributed by atoms with Crippen molar-refractivity contribution in [2.24, 2.45) is 0 Å². The fraction of sp³-hybridized carbons (Fsp3) is 0.357. The second kappa shape index (κ2) is 5.61. The number of halogens is 1. The van der Waals surface area contributed by atoms with Crippen LogP contribution < -0.4 is 10.2 Å². The predicted octanol–water partition coefficient (Wildman–Crippen LogP) is 2.08. The summed E-state index contributed by atoms with van der Waals surface area (Å²) in [6, 6.07) is 3.84. The van der Waals surface area contributed by atoms with Crippen molar-refractivity contribution >= 4 is 22.3 Å². The van der Waals surface area contributed by atoms with Gasteiger partial charge in [-0.1, -0.05) is 0 Å². The third-order valence-corrected chi connectivity index (χ3v) is 3.64. The summed E-state index contributed by atoms with van der Waals surface area (Å²) in [5.74, 6) is -0.00445. The molecular weight excluding hydrogens is 275 g/mol. The zero-order valence-corrected chi connectivity index (χ0v) is 11.4. The van der Waals surface area contributed by atoms with E-state index in [2.05, 4.69) is 10.3 Å². The first-order chi connectivity index (χ1) is 10.2. The van der Waals surface area contributed by atoms with Crippen LogP contribution in [-0.4, -0.2) is 36.1 Å². The summed E-state index contributed by atoms with van der Waals surface area (Å²) in [6.07, 6.45) is 2.50. The van der Waals surface area contributed by atoms with Crippen LogP contribution in [0.2, 0.25) is 0 Å². The minimum atomic E-state index is -0.614. The first-order valence-electron chi connectivity index (χ1n) is 6.85. The van der Waals surface area contributed by atoms with E-state index in [1.807, 2.05) is 4.90 Å². The zero-order valence-electron chi connectivity index (χ0n) is 11.4. The normalized spacial score (nSPS) is 16.0. The number of rotatable bonds is 2. The van der Waals surface area contributed by atoms with Gasteiger partial charge in [-0.05, 0) is 25.1 Å². The third kappa shape index (κ3) is 2.64. The average Bonchev–Trinajstić information content (AvgIpc) is 2.74. The number of benzene rings is 1. The fourth-order valence-electron chi connectivity index (χ4n) is 2.68. The zero-order chi connectivity index (χ0) is 14.8. The molecule has 0 bridgehead atoms. The number of anilines is 1. The highest BCUT2D eigenvalue weighted by Crippen LogP contribution is 2.32. The van der Waals surface area contributed by atoms with Crippen molar-refractivity contribution in [2.75, 3.05) is 31.1 Å². The van der Waals surface area contributed by atoms with Crippen LogP contribution >= 0.6 is 0 Å². The molecule has 6 nitrogen and oxygen atoms in total. The Kier molecular flexibility index (Phi) is 3.66. The molecule has 2 aromatic rings. The number of fused-ring (bicyclic) bond motifs is 1. The van der Waals surface area contributed by atoms with E-state index in [9.17, 15) is 14.5 Å². The molecule has 1 aliphatic rings. The maximum Gasteiger partial charge on any atom is 0.280 e. The van der Waals surface area contributed by atoms with Gasteiger partial charge in [-0.25, -0.2) is 9.37 Å². The molecule has 110 valence electrons. The first-order valence-corrected chi connectivity index (χ1v) is 6.85. The molecule has 0 aliphatic carbocycles. The van der Waals surface area contributed by atoms with Crippen LogP contribution in [0.1, 0.15) is 6.42 Å². The maximum atomic E-state index is 13.7. The molecule has 0 saturated carbocycles. The lowest BCUT2D eigenvalue weighted by Crippen LogP contribution is -2.28. The van der Waals surface area contributed by atoms with Crippen LogP contribution in [0.4, 0.5) is 15.9 Å². The summed E-state index contributed by atoms with van der Waals surface area (Å²) in [7, 11) is 0. The minimum absolute atomic E-state index is 0.221. The van der Waals surface area contributed by atoms with E-state index in [-0.39, 0.29) is 5.69 Å². The molecule has 1 aliphatic heterocycles. The molecular formula is C14H15FN4O2. The number of pyridine rings is 1. The second-order valence-electron chi connectivity index (χ2n) is 5.00. The Hall–Kier alpha value is -2.28. The van der Waals surface area contributed by atoms with Gasteiger partial charge in [0.15, 0.2) is 0 Å². The Morgan fingerprint density at radius 2 is 2.14 bits per heavy atom. The number of hydrogen-bond acceptors (Lipinski definition) is 5. The Bertz CT molecular complexity index is 684. The lowest BCUT2D eigenvalue weighted by Gasteiger charge is -2.22. The third-order valence-electron chi connectivity index (χ3n) is 3.64. The molecule has 3 rings (SSSR count). The molecule has 1 fully saturated rings. The summed E-state index contributed by atoms with van der Waals surface area (Å²) < 4.78 is 13.7. The van der Waals surface area contributed by atoms with Gasteiger partial charge in [-0.15, -0.1) is 0 Å². The summed E-state index contributed by atoms with van der Waals surface area (Å²) >= 11 is 0. The van der Waals surface area contributed by atoms with Gasteiger partial charge in [0.05, 0.1) is 16.4 Å². The van der Waals surface area contributed by atoms with Gasteiger partial charge in [0, 0.05) is 31.2 Å². The molecule has 1 aromatic carbocycles. The van der Waals surface area contributed by atoms with Crippen LogP contribution in [0, 0.1) is 15.9 Å². The summed E-state index contributed by atoms with van der Waals surface area (Å²) in [4.78, 5) is 16.9. The van der Waals surface area contributed by atoms with E-state index in [0.717, 1.165) is 38.7 Å². The maximum absolute atomic E-state index is 13.7. The van der Waals surface area contributed by atoms with Crippen molar-refractivity contribution in [3.63, 3.8) is 0 Å². The highest BCUT2D eigenvalue weighted by molar-refractivity contribution is 5.98. The quantitative estimate of drug-likeness (QED) is 0.677. The molecule has 0 amide bonds. The standard InChI is InChI=1S/C14H15FN4O2/c15-10-8-12-11(13(9-10)19(20)21)2-4-17-14(12)18-6-1-3-16-5-7-18/h2,4,8-9,16H,1,3,5-7H2. The van der Waals surface area contributed by atoms with E-state index in [1.165, 1.54) is 6.07 Å². The Labute approximate surface area is 120 Å². The molecule has 0 radical (unpaired) electrons. The SMILES string of the molecule is O=[N+]([O-])c1cc(F)cc2c(N3CCCNCC3)nccc12. The largest absolute Gasteiger partial charge is 0.355 e.